The maximum absolute atomic E-state index is 12.2. The Morgan fingerprint density at radius 2 is 1.94 bits per heavy atom. The first-order chi connectivity index (χ1) is 8.69. The summed E-state index contributed by atoms with van der Waals surface area (Å²) >= 11 is 5.89. The molecule has 0 aliphatic heterocycles. The Morgan fingerprint density at radius 3 is 2.72 bits per heavy atom. The van der Waals surface area contributed by atoms with Gasteiger partial charge >= 0.3 is 0 Å². The summed E-state index contributed by atoms with van der Waals surface area (Å²) in [6, 6.07) is 10.2. The van der Waals surface area contributed by atoms with E-state index in [0.717, 1.165) is 4.73 Å². The number of nitrogens with zero attached hydrogens (tertiary/aromatic N) is 2. The van der Waals surface area contributed by atoms with E-state index in [0.29, 0.717) is 32.8 Å². The largest absolute Gasteiger partial charge is 0.618 e. The second-order valence-corrected chi connectivity index (χ2v) is 4.33. The van der Waals surface area contributed by atoms with Crippen LogP contribution >= 0.6 is 11.6 Å². The van der Waals surface area contributed by atoms with Crippen molar-refractivity contribution < 1.29 is 9.47 Å². The zero-order valence-corrected chi connectivity index (χ0v) is 10.3. The normalized spacial score (nSPS) is 11.0. The fraction of sp³-hybridized carbons (Fsp3) is 0.0769. The number of fused-ring (bicyclic) bond motifs is 2. The molecule has 5 heteroatoms. The Balaban J connectivity index is 2.44. The van der Waals surface area contributed by atoms with Gasteiger partial charge in [0.15, 0.2) is 0 Å². The Hall–Kier alpha value is -2.07. The minimum Gasteiger partial charge on any atom is -0.618 e. The van der Waals surface area contributed by atoms with Gasteiger partial charge in [-0.1, -0.05) is 11.6 Å². The molecule has 0 aliphatic carbocycles. The summed E-state index contributed by atoms with van der Waals surface area (Å²) in [5.41, 5.74) is 2.15. The van der Waals surface area contributed by atoms with Gasteiger partial charge in [-0.3, -0.25) is 0 Å². The van der Waals surface area contributed by atoms with Crippen molar-refractivity contribution in [3.05, 3.63) is 46.6 Å². The molecule has 4 nitrogen and oxygen atoms in total. The summed E-state index contributed by atoms with van der Waals surface area (Å²) in [5.74, 6) is 0.670. The lowest BCUT2D eigenvalue weighted by atomic mass is 10.2. The number of aromatic nitrogens is 2. The van der Waals surface area contributed by atoms with E-state index in [1.165, 1.54) is 0 Å². The number of rotatable bonds is 1. The highest BCUT2D eigenvalue weighted by atomic mass is 35.5. The van der Waals surface area contributed by atoms with Gasteiger partial charge in [-0.2, -0.15) is 4.73 Å². The molecule has 0 amide bonds. The lowest BCUT2D eigenvalue weighted by molar-refractivity contribution is -0.548. The van der Waals surface area contributed by atoms with Crippen LogP contribution < -0.4 is 9.47 Å². The Bertz CT molecular complexity index is 759. The lowest BCUT2D eigenvalue weighted by Gasteiger charge is -2.06. The van der Waals surface area contributed by atoms with Gasteiger partial charge in [0.2, 0.25) is 11.0 Å². The molecule has 0 saturated carbocycles. The van der Waals surface area contributed by atoms with E-state index in [2.05, 4.69) is 4.98 Å². The zero-order valence-electron chi connectivity index (χ0n) is 9.55. The predicted octanol–water partition coefficient (Wildman–Crippen LogP) is 2.68. The Morgan fingerprint density at radius 1 is 1.11 bits per heavy atom. The van der Waals surface area contributed by atoms with Crippen LogP contribution in [0.2, 0.25) is 5.02 Å². The van der Waals surface area contributed by atoms with Crippen LogP contribution in [0.15, 0.2) is 36.4 Å². The van der Waals surface area contributed by atoms with Crippen LogP contribution in [-0.2, 0) is 0 Å². The number of hydrogen-bond acceptors (Lipinski definition) is 3. The zero-order chi connectivity index (χ0) is 12.7. The van der Waals surface area contributed by atoms with Crippen molar-refractivity contribution in [1.82, 2.24) is 4.98 Å². The number of benzene rings is 2. The molecule has 0 unspecified atom stereocenters. The molecule has 0 spiro atoms. The van der Waals surface area contributed by atoms with Crippen molar-refractivity contribution in [3.8, 4) is 5.75 Å². The molecule has 0 saturated heterocycles. The minimum atomic E-state index is 0.458. The van der Waals surface area contributed by atoms with E-state index < -0.39 is 0 Å². The predicted molar refractivity (Wildman–Crippen MR) is 69.8 cm³/mol. The minimum absolute atomic E-state index is 0.458. The summed E-state index contributed by atoms with van der Waals surface area (Å²) in [6.07, 6.45) is 0. The van der Waals surface area contributed by atoms with Crippen molar-refractivity contribution in [3.63, 3.8) is 0 Å². The Kier molecular flexibility index (Phi) is 2.45. The van der Waals surface area contributed by atoms with Crippen LogP contribution in [-0.4, -0.2) is 12.1 Å². The van der Waals surface area contributed by atoms with E-state index >= 15 is 0 Å². The van der Waals surface area contributed by atoms with Crippen molar-refractivity contribution >= 4 is 33.7 Å². The molecule has 0 radical (unpaired) electrons. The van der Waals surface area contributed by atoms with Gasteiger partial charge in [0.1, 0.15) is 16.8 Å². The molecule has 1 heterocycles. The number of methoxy groups -OCH3 is 1. The van der Waals surface area contributed by atoms with E-state index in [1.54, 1.807) is 43.5 Å². The number of hydrogen-bond donors (Lipinski definition) is 0. The topological polar surface area (TPSA) is 49.1 Å². The van der Waals surface area contributed by atoms with Gasteiger partial charge in [0.05, 0.1) is 7.11 Å². The van der Waals surface area contributed by atoms with Crippen LogP contribution in [0.4, 0.5) is 0 Å². The first-order valence-corrected chi connectivity index (χ1v) is 5.73. The van der Waals surface area contributed by atoms with Gasteiger partial charge in [0, 0.05) is 23.2 Å². The van der Waals surface area contributed by atoms with Gasteiger partial charge in [0.25, 0.3) is 0 Å². The third-order valence-corrected chi connectivity index (χ3v) is 3.03. The maximum atomic E-state index is 12.2. The first kappa shape index (κ1) is 11.0. The molecule has 1 aromatic heterocycles. The fourth-order valence-electron chi connectivity index (χ4n) is 1.90. The average Bonchev–Trinajstić information content (AvgIpc) is 2.39. The summed E-state index contributed by atoms with van der Waals surface area (Å²) in [5, 5.41) is 12.7. The first-order valence-electron chi connectivity index (χ1n) is 5.35. The highest BCUT2D eigenvalue weighted by molar-refractivity contribution is 6.31. The third-order valence-electron chi connectivity index (χ3n) is 2.80. The highest BCUT2D eigenvalue weighted by Gasteiger charge is 2.12. The number of ether oxygens (including phenoxy) is 1. The van der Waals surface area contributed by atoms with Crippen LogP contribution in [0.25, 0.3) is 22.1 Å². The quantitative estimate of drug-likeness (QED) is 0.384. The monoisotopic (exact) mass is 260 g/mol. The molecule has 90 valence electrons. The standard InChI is InChI=1S/C13H9ClN2O2/c1-18-9-3-5-12-11(7-9)15-10-4-2-8(14)6-13(10)16(12)17/h2-7H,1H3. The summed E-state index contributed by atoms with van der Waals surface area (Å²) < 4.78 is 5.96. The Labute approximate surface area is 108 Å². The van der Waals surface area contributed by atoms with Crippen molar-refractivity contribution in [2.75, 3.05) is 7.11 Å². The highest BCUT2D eigenvalue weighted by Crippen LogP contribution is 2.21. The summed E-state index contributed by atoms with van der Waals surface area (Å²) in [6.45, 7) is 0. The van der Waals surface area contributed by atoms with Crippen molar-refractivity contribution in [1.29, 1.82) is 0 Å². The molecule has 3 aromatic rings. The maximum Gasteiger partial charge on any atom is 0.244 e. The molecule has 18 heavy (non-hydrogen) atoms. The molecule has 0 atom stereocenters. The molecular weight excluding hydrogens is 252 g/mol. The second-order valence-electron chi connectivity index (χ2n) is 3.89. The molecule has 0 N–H and O–H groups in total. The SMILES string of the molecule is COc1ccc2c(c1)nc1ccc(Cl)cc1[n+]2[O-]. The average molecular weight is 261 g/mol. The van der Waals surface area contributed by atoms with Crippen LogP contribution in [0.1, 0.15) is 0 Å². The lowest BCUT2D eigenvalue weighted by Crippen LogP contribution is -2.28. The van der Waals surface area contributed by atoms with Crippen molar-refractivity contribution in [2.24, 2.45) is 0 Å². The summed E-state index contributed by atoms with van der Waals surface area (Å²) in [4.78, 5) is 4.43. The van der Waals surface area contributed by atoms with Crippen LogP contribution in [0.3, 0.4) is 0 Å². The molecule has 0 aliphatic rings. The van der Waals surface area contributed by atoms with Crippen LogP contribution in [0, 0.1) is 5.21 Å². The molecule has 3 rings (SSSR count). The van der Waals surface area contributed by atoms with Crippen molar-refractivity contribution in [2.45, 2.75) is 0 Å². The summed E-state index contributed by atoms with van der Waals surface area (Å²) in [7, 11) is 1.58. The van der Waals surface area contributed by atoms with Gasteiger partial charge in [-0.25, -0.2) is 4.98 Å². The van der Waals surface area contributed by atoms with E-state index in [1.807, 2.05) is 0 Å². The van der Waals surface area contributed by atoms with E-state index in [9.17, 15) is 5.21 Å². The second kappa shape index (κ2) is 3.99. The fourth-order valence-corrected chi connectivity index (χ4v) is 2.07. The smallest absolute Gasteiger partial charge is 0.244 e. The van der Waals surface area contributed by atoms with E-state index in [-0.39, 0.29) is 0 Å². The van der Waals surface area contributed by atoms with Gasteiger partial charge in [-0.15, -0.1) is 0 Å². The molecular formula is C13H9ClN2O2. The number of halogens is 1. The van der Waals surface area contributed by atoms with Gasteiger partial charge in [-0.05, 0) is 18.2 Å². The van der Waals surface area contributed by atoms with Gasteiger partial charge < -0.3 is 9.94 Å². The van der Waals surface area contributed by atoms with E-state index in [4.69, 9.17) is 16.3 Å². The molecule has 0 bridgehead atoms. The third kappa shape index (κ3) is 1.62. The molecule has 2 aromatic carbocycles. The molecule has 0 fully saturated rings. The van der Waals surface area contributed by atoms with Crippen LogP contribution in [0.5, 0.6) is 5.75 Å².